The zero-order valence-electron chi connectivity index (χ0n) is 18.4. The lowest BCUT2D eigenvalue weighted by atomic mass is 9.92. The van der Waals surface area contributed by atoms with Gasteiger partial charge in [-0.05, 0) is 45.7 Å². The van der Waals surface area contributed by atoms with Crippen molar-refractivity contribution in [1.82, 2.24) is 0 Å². The number of aromatic hydroxyl groups is 1. The minimum atomic E-state index is -0.369. The first-order chi connectivity index (χ1) is 16.2. The molecule has 0 bridgehead atoms. The number of carbonyl (C=O) groups excluding carboxylic acids is 1. The summed E-state index contributed by atoms with van der Waals surface area (Å²) in [5, 5.41) is 14.8. The van der Waals surface area contributed by atoms with Crippen LogP contribution in [-0.2, 0) is 4.79 Å². The summed E-state index contributed by atoms with van der Waals surface area (Å²) in [5.74, 6) is -0.0798. The smallest absolute Gasteiger partial charge is 0.318 e. The van der Waals surface area contributed by atoms with Crippen LogP contribution in [0.25, 0.3) is 32.7 Å². The van der Waals surface area contributed by atoms with Crippen molar-refractivity contribution in [2.24, 2.45) is 0 Å². The predicted octanol–water partition coefficient (Wildman–Crippen LogP) is 7.46. The molecule has 0 saturated carbocycles. The van der Waals surface area contributed by atoms with E-state index in [4.69, 9.17) is 4.74 Å². The molecule has 0 amide bonds. The van der Waals surface area contributed by atoms with Crippen LogP contribution in [0.2, 0.25) is 0 Å². The van der Waals surface area contributed by atoms with Gasteiger partial charge in [0.25, 0.3) is 0 Å². The van der Waals surface area contributed by atoms with E-state index in [0.717, 1.165) is 32.7 Å². The molecule has 0 heterocycles. The summed E-state index contributed by atoms with van der Waals surface area (Å²) in [6, 6.07) is 32.9. The lowest BCUT2D eigenvalue weighted by Crippen LogP contribution is -2.18. The van der Waals surface area contributed by atoms with E-state index in [1.54, 1.807) is 6.07 Å². The minimum Gasteiger partial charge on any atom is -0.507 e. The van der Waals surface area contributed by atoms with Crippen molar-refractivity contribution < 1.29 is 14.6 Å². The van der Waals surface area contributed by atoms with Gasteiger partial charge in [-0.2, -0.15) is 0 Å². The monoisotopic (exact) mass is 432 g/mol. The molecule has 5 aromatic rings. The first-order valence-corrected chi connectivity index (χ1v) is 11.2. The van der Waals surface area contributed by atoms with Gasteiger partial charge in [-0.25, -0.2) is 0 Å². The number of carbonyl (C=O) groups is 1. The Balaban J connectivity index is 1.70. The summed E-state index contributed by atoms with van der Waals surface area (Å²) in [6.45, 7) is 1.98. The van der Waals surface area contributed by atoms with E-state index in [0.29, 0.717) is 17.7 Å². The van der Waals surface area contributed by atoms with Crippen molar-refractivity contribution in [3.05, 3.63) is 109 Å². The number of benzene rings is 5. The van der Waals surface area contributed by atoms with Gasteiger partial charge in [-0.3, -0.25) is 4.79 Å². The van der Waals surface area contributed by atoms with Crippen LogP contribution in [0, 0.1) is 0 Å². The summed E-state index contributed by atoms with van der Waals surface area (Å²) >= 11 is 0. The summed E-state index contributed by atoms with van der Waals surface area (Å²) in [7, 11) is 0. The van der Waals surface area contributed by atoms with Crippen molar-refractivity contribution in [1.29, 1.82) is 0 Å². The molecule has 0 spiro atoms. The Kier molecular flexibility index (Phi) is 5.54. The highest BCUT2D eigenvalue weighted by atomic mass is 16.5. The SMILES string of the molecule is CC[C@@H](C(=O)Oc1ccc2ccccc2c1-c1c(O)ccc2ccccc12)c1ccccc1. The molecule has 0 aliphatic heterocycles. The molecule has 0 unspecified atom stereocenters. The van der Waals surface area contributed by atoms with Gasteiger partial charge in [0, 0.05) is 11.1 Å². The molecular formula is C30H24O3. The van der Waals surface area contributed by atoms with Gasteiger partial charge in [0.2, 0.25) is 0 Å². The standard InChI is InChI=1S/C30H24O3/c1-2-23(20-10-4-3-5-11-20)30(32)33-27-19-17-22-13-7-9-15-25(22)29(27)28-24-14-8-6-12-21(24)16-18-26(28)31/h3-19,23,31H,2H2,1H3/t23-/m1/s1. The average molecular weight is 433 g/mol. The number of rotatable bonds is 5. The molecule has 3 heteroatoms. The number of hydrogen-bond donors (Lipinski definition) is 1. The maximum absolute atomic E-state index is 13.3. The number of phenols is 1. The summed E-state index contributed by atoms with van der Waals surface area (Å²) < 4.78 is 6.07. The molecule has 1 atom stereocenters. The Hall–Kier alpha value is -4.11. The maximum atomic E-state index is 13.3. The summed E-state index contributed by atoms with van der Waals surface area (Å²) in [5.41, 5.74) is 2.32. The van der Waals surface area contributed by atoms with Crippen molar-refractivity contribution >= 4 is 27.5 Å². The van der Waals surface area contributed by atoms with Crippen molar-refractivity contribution in [2.75, 3.05) is 0 Å². The number of phenolic OH excluding ortho intramolecular Hbond substituents is 1. The third kappa shape index (κ3) is 3.83. The Morgan fingerprint density at radius 3 is 1.97 bits per heavy atom. The topological polar surface area (TPSA) is 46.5 Å². The molecular weight excluding hydrogens is 408 g/mol. The molecule has 0 saturated heterocycles. The van der Waals surface area contributed by atoms with Crippen LogP contribution < -0.4 is 4.74 Å². The van der Waals surface area contributed by atoms with Crippen LogP contribution in [0.15, 0.2) is 103 Å². The number of ether oxygens (including phenoxy) is 1. The molecule has 0 radical (unpaired) electrons. The fourth-order valence-electron chi connectivity index (χ4n) is 4.52. The molecule has 33 heavy (non-hydrogen) atoms. The molecule has 0 aliphatic rings. The lowest BCUT2D eigenvalue weighted by Gasteiger charge is -2.19. The van der Waals surface area contributed by atoms with Crippen LogP contribution in [0.4, 0.5) is 0 Å². The second-order valence-electron chi connectivity index (χ2n) is 8.13. The highest BCUT2D eigenvalue weighted by molar-refractivity contribution is 6.10. The molecule has 5 rings (SSSR count). The molecule has 3 nitrogen and oxygen atoms in total. The van der Waals surface area contributed by atoms with E-state index in [9.17, 15) is 9.90 Å². The molecule has 0 aliphatic carbocycles. The quantitative estimate of drug-likeness (QED) is 0.231. The predicted molar refractivity (Wildman–Crippen MR) is 134 cm³/mol. The third-order valence-corrected chi connectivity index (χ3v) is 6.15. The van der Waals surface area contributed by atoms with Gasteiger partial charge in [0.05, 0.1) is 5.92 Å². The zero-order chi connectivity index (χ0) is 22.8. The van der Waals surface area contributed by atoms with Gasteiger partial charge in [-0.15, -0.1) is 0 Å². The number of fused-ring (bicyclic) bond motifs is 2. The van der Waals surface area contributed by atoms with E-state index >= 15 is 0 Å². The highest BCUT2D eigenvalue weighted by Gasteiger charge is 2.24. The van der Waals surface area contributed by atoms with Crippen LogP contribution >= 0.6 is 0 Å². The zero-order valence-corrected chi connectivity index (χ0v) is 18.4. The van der Waals surface area contributed by atoms with Crippen molar-refractivity contribution in [3.63, 3.8) is 0 Å². The fraction of sp³-hybridized carbons (Fsp3) is 0.100. The van der Waals surface area contributed by atoms with E-state index in [1.165, 1.54) is 0 Å². The fourth-order valence-corrected chi connectivity index (χ4v) is 4.52. The Labute approximate surface area is 192 Å². The average Bonchev–Trinajstić information content (AvgIpc) is 2.85. The second kappa shape index (κ2) is 8.79. The van der Waals surface area contributed by atoms with E-state index < -0.39 is 0 Å². The number of esters is 1. The highest BCUT2D eigenvalue weighted by Crippen LogP contribution is 2.45. The summed E-state index contributed by atoms with van der Waals surface area (Å²) in [6.07, 6.45) is 0.630. The first-order valence-electron chi connectivity index (χ1n) is 11.2. The minimum absolute atomic E-state index is 0.150. The Bertz CT molecular complexity index is 1450. The van der Waals surface area contributed by atoms with E-state index in [-0.39, 0.29) is 17.6 Å². The van der Waals surface area contributed by atoms with Gasteiger partial charge < -0.3 is 9.84 Å². The molecule has 5 aromatic carbocycles. The molecule has 1 N–H and O–H groups in total. The first kappa shape index (κ1) is 20.8. The molecule has 0 fully saturated rings. The van der Waals surface area contributed by atoms with E-state index in [2.05, 4.69) is 0 Å². The van der Waals surface area contributed by atoms with Gasteiger partial charge in [0.15, 0.2) is 0 Å². The van der Waals surface area contributed by atoms with E-state index in [1.807, 2.05) is 104 Å². The summed E-state index contributed by atoms with van der Waals surface area (Å²) in [4.78, 5) is 13.3. The number of hydrogen-bond acceptors (Lipinski definition) is 3. The second-order valence-corrected chi connectivity index (χ2v) is 8.13. The third-order valence-electron chi connectivity index (χ3n) is 6.15. The maximum Gasteiger partial charge on any atom is 0.318 e. The molecule has 162 valence electrons. The van der Waals surface area contributed by atoms with Gasteiger partial charge in [0.1, 0.15) is 11.5 Å². The lowest BCUT2D eigenvalue weighted by molar-refractivity contribution is -0.136. The Morgan fingerprint density at radius 2 is 1.30 bits per heavy atom. The van der Waals surface area contributed by atoms with Crippen LogP contribution in [0.5, 0.6) is 11.5 Å². The van der Waals surface area contributed by atoms with Crippen LogP contribution in [-0.4, -0.2) is 11.1 Å². The van der Waals surface area contributed by atoms with Crippen LogP contribution in [0.3, 0.4) is 0 Å². The van der Waals surface area contributed by atoms with Crippen molar-refractivity contribution in [3.8, 4) is 22.6 Å². The molecule has 0 aromatic heterocycles. The van der Waals surface area contributed by atoms with Crippen molar-refractivity contribution in [2.45, 2.75) is 19.3 Å². The Morgan fingerprint density at radius 1 is 0.727 bits per heavy atom. The van der Waals surface area contributed by atoms with Gasteiger partial charge in [-0.1, -0.05) is 97.9 Å². The normalized spacial score (nSPS) is 12.0. The van der Waals surface area contributed by atoms with Gasteiger partial charge >= 0.3 is 5.97 Å². The van der Waals surface area contributed by atoms with Crippen LogP contribution in [0.1, 0.15) is 24.8 Å². The largest absolute Gasteiger partial charge is 0.507 e.